The van der Waals surface area contributed by atoms with E-state index in [1.807, 2.05) is 6.92 Å². The number of carbonyl (C=O) groups is 2. The van der Waals surface area contributed by atoms with E-state index in [9.17, 15) is 9.59 Å². The summed E-state index contributed by atoms with van der Waals surface area (Å²) in [6.07, 6.45) is 6.61. The highest BCUT2D eigenvalue weighted by molar-refractivity contribution is 5.66. The van der Waals surface area contributed by atoms with Crippen molar-refractivity contribution in [2.45, 2.75) is 79.1 Å². The Bertz CT molecular complexity index is 241. The fraction of sp³-hybridized carbons (Fsp3) is 0.867. The Kier molecular flexibility index (Phi) is 12.8. The van der Waals surface area contributed by atoms with Crippen molar-refractivity contribution in [2.75, 3.05) is 0 Å². The van der Waals surface area contributed by atoms with Crippen LogP contribution < -0.4 is 0 Å². The standard InChI is InChI=1S/C10H20O2.C5H10O2/c1-10(2,3)8-6-4-5-7-9(11)12;1-2-3-4-5(6)7/h4-8H2,1-3H3,(H,11,12);2-4H2,1H3,(H,6,7). The minimum absolute atomic E-state index is 0.316. The Morgan fingerprint density at radius 3 is 1.63 bits per heavy atom. The number of carboxylic acid groups (broad SMARTS) is 2. The van der Waals surface area contributed by atoms with Gasteiger partial charge in [0.2, 0.25) is 0 Å². The molecule has 4 heteroatoms. The molecule has 2 N–H and O–H groups in total. The molecule has 0 fully saturated rings. The predicted octanol–water partition coefficient (Wildman–Crippen LogP) is 4.33. The summed E-state index contributed by atoms with van der Waals surface area (Å²) in [5, 5.41) is 16.4. The second-order valence-corrected chi connectivity index (χ2v) is 6.01. The van der Waals surface area contributed by atoms with Gasteiger partial charge in [0.25, 0.3) is 0 Å². The molecule has 0 aromatic heterocycles. The quantitative estimate of drug-likeness (QED) is 0.646. The van der Waals surface area contributed by atoms with Crippen molar-refractivity contribution in [1.29, 1.82) is 0 Å². The summed E-state index contributed by atoms with van der Waals surface area (Å²) in [6, 6.07) is 0. The Morgan fingerprint density at radius 2 is 1.32 bits per heavy atom. The molecule has 0 aromatic rings. The van der Waals surface area contributed by atoms with Crippen LogP contribution >= 0.6 is 0 Å². The van der Waals surface area contributed by atoms with Crippen LogP contribution in [0, 0.1) is 5.41 Å². The van der Waals surface area contributed by atoms with Crippen LogP contribution in [-0.4, -0.2) is 22.2 Å². The van der Waals surface area contributed by atoms with E-state index in [0.717, 1.165) is 32.1 Å². The highest BCUT2D eigenvalue weighted by Crippen LogP contribution is 2.22. The first-order valence-electron chi connectivity index (χ1n) is 7.12. The molecule has 114 valence electrons. The SMILES string of the molecule is CC(C)(C)CCCCCC(=O)O.CCCCC(=O)O. The van der Waals surface area contributed by atoms with Gasteiger partial charge in [0.1, 0.15) is 0 Å². The van der Waals surface area contributed by atoms with Gasteiger partial charge < -0.3 is 10.2 Å². The van der Waals surface area contributed by atoms with Gasteiger partial charge in [0, 0.05) is 12.8 Å². The molecular formula is C15H30O4. The molecule has 0 saturated heterocycles. The lowest BCUT2D eigenvalue weighted by Crippen LogP contribution is -2.04. The lowest BCUT2D eigenvalue weighted by atomic mass is 9.89. The van der Waals surface area contributed by atoms with Crippen molar-refractivity contribution in [2.24, 2.45) is 5.41 Å². The molecule has 0 aliphatic carbocycles. The zero-order valence-electron chi connectivity index (χ0n) is 12.9. The molecule has 0 unspecified atom stereocenters. The molecule has 0 rings (SSSR count). The number of carboxylic acids is 2. The van der Waals surface area contributed by atoms with Crippen LogP contribution in [0.2, 0.25) is 0 Å². The molecule has 0 radical (unpaired) electrons. The van der Waals surface area contributed by atoms with Crippen LogP contribution in [0.4, 0.5) is 0 Å². The van der Waals surface area contributed by atoms with E-state index in [2.05, 4.69) is 20.8 Å². The van der Waals surface area contributed by atoms with Gasteiger partial charge in [-0.15, -0.1) is 0 Å². The maximum atomic E-state index is 10.2. The van der Waals surface area contributed by atoms with Crippen molar-refractivity contribution in [3.05, 3.63) is 0 Å². The van der Waals surface area contributed by atoms with Gasteiger partial charge in [0.15, 0.2) is 0 Å². The number of aliphatic carboxylic acids is 2. The molecule has 0 spiro atoms. The Morgan fingerprint density at radius 1 is 0.842 bits per heavy atom. The predicted molar refractivity (Wildman–Crippen MR) is 77.3 cm³/mol. The van der Waals surface area contributed by atoms with Crippen LogP contribution in [0.3, 0.4) is 0 Å². The Balaban J connectivity index is 0. The minimum atomic E-state index is -0.693. The molecule has 0 amide bonds. The third-order valence-electron chi connectivity index (χ3n) is 2.56. The fourth-order valence-corrected chi connectivity index (χ4v) is 1.44. The van der Waals surface area contributed by atoms with Gasteiger partial charge in [-0.3, -0.25) is 9.59 Å². The summed E-state index contributed by atoms with van der Waals surface area (Å²) in [4.78, 5) is 19.9. The van der Waals surface area contributed by atoms with Gasteiger partial charge in [-0.1, -0.05) is 47.0 Å². The van der Waals surface area contributed by atoms with Crippen LogP contribution in [0.5, 0.6) is 0 Å². The number of rotatable bonds is 8. The highest BCUT2D eigenvalue weighted by atomic mass is 16.4. The van der Waals surface area contributed by atoms with Crippen molar-refractivity contribution in [3.63, 3.8) is 0 Å². The van der Waals surface area contributed by atoms with Crippen molar-refractivity contribution in [3.8, 4) is 0 Å². The monoisotopic (exact) mass is 274 g/mol. The summed E-state index contributed by atoms with van der Waals surface area (Å²) < 4.78 is 0. The van der Waals surface area contributed by atoms with Gasteiger partial charge in [-0.05, 0) is 24.7 Å². The van der Waals surface area contributed by atoms with Gasteiger partial charge >= 0.3 is 11.9 Å². The normalized spacial score (nSPS) is 10.5. The Labute approximate surface area is 117 Å². The lowest BCUT2D eigenvalue weighted by molar-refractivity contribution is -0.138. The molecule has 0 atom stereocenters. The summed E-state index contributed by atoms with van der Waals surface area (Å²) in [7, 11) is 0. The number of hydrogen-bond donors (Lipinski definition) is 2. The van der Waals surface area contributed by atoms with Crippen molar-refractivity contribution < 1.29 is 19.8 Å². The van der Waals surface area contributed by atoms with Crippen molar-refractivity contribution >= 4 is 11.9 Å². The van der Waals surface area contributed by atoms with E-state index < -0.39 is 11.9 Å². The van der Waals surface area contributed by atoms with Crippen LogP contribution in [0.15, 0.2) is 0 Å². The first-order chi connectivity index (χ1) is 8.69. The summed E-state index contributed by atoms with van der Waals surface area (Å²) in [5.74, 6) is -1.37. The van der Waals surface area contributed by atoms with Crippen LogP contribution in [-0.2, 0) is 9.59 Å². The van der Waals surface area contributed by atoms with Crippen LogP contribution in [0.1, 0.15) is 79.1 Å². The third kappa shape index (κ3) is 26.5. The van der Waals surface area contributed by atoms with E-state index in [-0.39, 0.29) is 0 Å². The zero-order chi connectivity index (χ0) is 15.3. The Hall–Kier alpha value is -1.06. The molecular weight excluding hydrogens is 244 g/mol. The second kappa shape index (κ2) is 12.0. The topological polar surface area (TPSA) is 74.6 Å². The van der Waals surface area contributed by atoms with Gasteiger partial charge in [-0.2, -0.15) is 0 Å². The molecule has 0 heterocycles. The van der Waals surface area contributed by atoms with Gasteiger partial charge in [-0.25, -0.2) is 0 Å². The average Bonchev–Trinajstić information content (AvgIpc) is 2.24. The molecule has 4 nitrogen and oxygen atoms in total. The van der Waals surface area contributed by atoms with Crippen molar-refractivity contribution in [1.82, 2.24) is 0 Å². The molecule has 0 aromatic carbocycles. The molecule has 0 saturated carbocycles. The largest absolute Gasteiger partial charge is 0.481 e. The van der Waals surface area contributed by atoms with E-state index in [1.165, 1.54) is 6.42 Å². The fourth-order valence-electron chi connectivity index (χ4n) is 1.44. The molecule has 19 heavy (non-hydrogen) atoms. The summed E-state index contributed by atoms with van der Waals surface area (Å²) >= 11 is 0. The molecule has 0 bridgehead atoms. The minimum Gasteiger partial charge on any atom is -0.481 e. The zero-order valence-corrected chi connectivity index (χ0v) is 12.9. The first kappa shape index (κ1) is 20.3. The second-order valence-electron chi connectivity index (χ2n) is 6.01. The van der Waals surface area contributed by atoms with Crippen LogP contribution in [0.25, 0.3) is 0 Å². The maximum Gasteiger partial charge on any atom is 0.303 e. The molecule has 0 aliphatic heterocycles. The van der Waals surface area contributed by atoms with E-state index in [1.54, 1.807) is 0 Å². The van der Waals surface area contributed by atoms with E-state index >= 15 is 0 Å². The maximum absolute atomic E-state index is 10.2. The van der Waals surface area contributed by atoms with Gasteiger partial charge in [0.05, 0.1) is 0 Å². The summed E-state index contributed by atoms with van der Waals surface area (Å²) in [5.41, 5.74) is 0.392. The smallest absolute Gasteiger partial charge is 0.303 e. The highest BCUT2D eigenvalue weighted by Gasteiger charge is 2.08. The number of hydrogen-bond acceptors (Lipinski definition) is 2. The third-order valence-corrected chi connectivity index (χ3v) is 2.56. The summed E-state index contributed by atoms with van der Waals surface area (Å²) in [6.45, 7) is 8.61. The molecule has 0 aliphatic rings. The first-order valence-corrected chi connectivity index (χ1v) is 7.12. The lowest BCUT2D eigenvalue weighted by Gasteiger charge is -2.17. The van der Waals surface area contributed by atoms with E-state index in [4.69, 9.17) is 10.2 Å². The van der Waals surface area contributed by atoms with E-state index in [0.29, 0.717) is 18.3 Å². The average molecular weight is 274 g/mol. The number of unbranched alkanes of at least 4 members (excludes halogenated alkanes) is 3.